The van der Waals surface area contributed by atoms with Crippen LogP contribution in [0.4, 0.5) is 0 Å². The van der Waals surface area contributed by atoms with Crippen molar-refractivity contribution in [3.63, 3.8) is 0 Å². The molecule has 0 atom stereocenters. The molecule has 0 amide bonds. The molecule has 9 nitrogen and oxygen atoms in total. The third-order valence-corrected chi connectivity index (χ3v) is 3.99. The van der Waals surface area contributed by atoms with E-state index >= 15 is 0 Å². The number of carboxylic acid groups (broad SMARTS) is 1. The highest BCUT2D eigenvalue weighted by atomic mass is 32.2. The lowest BCUT2D eigenvalue weighted by Crippen LogP contribution is -2.24. The minimum absolute atomic E-state index is 0.102. The molecule has 10 heteroatoms. The highest BCUT2D eigenvalue weighted by molar-refractivity contribution is 7.89. The first-order chi connectivity index (χ1) is 9.49. The Morgan fingerprint density at radius 3 is 2.85 bits per heavy atom. The molecule has 0 bridgehead atoms. The van der Waals surface area contributed by atoms with Gasteiger partial charge in [-0.25, -0.2) is 22.9 Å². The number of carbonyl (C=O) groups is 1. The summed E-state index contributed by atoms with van der Waals surface area (Å²) in [6.45, 7) is 0.219. The molecule has 0 saturated carbocycles. The van der Waals surface area contributed by atoms with Crippen molar-refractivity contribution in [1.29, 1.82) is 0 Å². The van der Waals surface area contributed by atoms with Crippen molar-refractivity contribution in [2.45, 2.75) is 17.7 Å². The summed E-state index contributed by atoms with van der Waals surface area (Å²) >= 11 is 0. The van der Waals surface area contributed by atoms with Gasteiger partial charge >= 0.3 is 5.97 Å². The highest BCUT2D eigenvalue weighted by Gasteiger charge is 2.17. The smallest absolute Gasteiger partial charge is 0.352 e. The third-order valence-electron chi connectivity index (χ3n) is 2.54. The first-order valence-corrected chi connectivity index (χ1v) is 7.23. The number of hydrogen-bond donors (Lipinski definition) is 4. The largest absolute Gasteiger partial charge is 0.477 e. The molecule has 4 N–H and O–H groups in total. The van der Waals surface area contributed by atoms with Gasteiger partial charge in [-0.2, -0.15) is 5.10 Å². The minimum Gasteiger partial charge on any atom is -0.477 e. The second kappa shape index (κ2) is 5.84. The zero-order chi connectivity index (χ0) is 14.6. The quantitative estimate of drug-likeness (QED) is 0.519. The predicted octanol–water partition coefficient (Wildman–Crippen LogP) is -0.258. The fraction of sp³-hybridized carbons (Fsp3) is 0.300. The van der Waals surface area contributed by atoms with Crippen LogP contribution in [0.25, 0.3) is 0 Å². The monoisotopic (exact) mass is 299 g/mol. The fourth-order valence-corrected chi connectivity index (χ4v) is 2.62. The van der Waals surface area contributed by atoms with E-state index in [0.29, 0.717) is 18.7 Å². The molecule has 0 aliphatic carbocycles. The number of hydrogen-bond acceptors (Lipinski definition) is 5. The SMILES string of the molecule is O=C(O)c1cc(S(=O)(=O)NCCCc2ncn[nH]2)c[nH]1. The Morgan fingerprint density at radius 2 is 2.25 bits per heavy atom. The van der Waals surface area contributed by atoms with Crippen LogP contribution in [0, 0.1) is 0 Å². The van der Waals surface area contributed by atoms with Crippen LogP contribution >= 0.6 is 0 Å². The average molecular weight is 299 g/mol. The Hall–Kier alpha value is -2.20. The van der Waals surface area contributed by atoms with Gasteiger partial charge in [0.15, 0.2) is 0 Å². The molecule has 2 aromatic rings. The van der Waals surface area contributed by atoms with Crippen molar-refractivity contribution in [1.82, 2.24) is 24.9 Å². The van der Waals surface area contributed by atoms with Crippen molar-refractivity contribution < 1.29 is 18.3 Å². The second-order valence-electron chi connectivity index (χ2n) is 3.99. The van der Waals surface area contributed by atoms with Crippen LogP contribution in [0.1, 0.15) is 22.7 Å². The van der Waals surface area contributed by atoms with Gasteiger partial charge in [0, 0.05) is 19.2 Å². The number of rotatable bonds is 7. The van der Waals surface area contributed by atoms with Gasteiger partial charge in [-0.3, -0.25) is 5.10 Å². The predicted molar refractivity (Wildman–Crippen MR) is 67.6 cm³/mol. The number of aromatic carboxylic acids is 1. The maximum atomic E-state index is 11.9. The number of aromatic amines is 2. The molecule has 2 heterocycles. The Kier molecular flexibility index (Phi) is 4.15. The lowest BCUT2D eigenvalue weighted by Gasteiger charge is -2.03. The van der Waals surface area contributed by atoms with Crippen molar-refractivity contribution in [3.05, 3.63) is 30.1 Å². The first kappa shape index (κ1) is 14.2. The first-order valence-electron chi connectivity index (χ1n) is 5.74. The zero-order valence-corrected chi connectivity index (χ0v) is 11.1. The van der Waals surface area contributed by atoms with Crippen molar-refractivity contribution in [2.75, 3.05) is 6.54 Å². The minimum atomic E-state index is -3.70. The number of sulfonamides is 1. The number of carboxylic acids is 1. The second-order valence-corrected chi connectivity index (χ2v) is 5.75. The Morgan fingerprint density at radius 1 is 1.45 bits per heavy atom. The lowest BCUT2D eigenvalue weighted by atomic mass is 10.3. The van der Waals surface area contributed by atoms with E-state index < -0.39 is 16.0 Å². The number of aromatic nitrogens is 4. The fourth-order valence-electron chi connectivity index (χ4n) is 1.55. The number of nitrogens with one attached hydrogen (secondary N) is 3. The molecule has 0 aromatic carbocycles. The number of nitrogens with zero attached hydrogens (tertiary/aromatic N) is 2. The molecule has 20 heavy (non-hydrogen) atoms. The van der Waals surface area contributed by atoms with Gasteiger partial charge < -0.3 is 10.1 Å². The molecule has 108 valence electrons. The van der Waals surface area contributed by atoms with Crippen molar-refractivity contribution >= 4 is 16.0 Å². The lowest BCUT2D eigenvalue weighted by molar-refractivity contribution is 0.0691. The standard InChI is InChI=1S/C10H13N5O4S/c16-10(17)8-4-7(5-11-8)20(18,19)14-3-1-2-9-12-6-13-15-9/h4-6,11,14H,1-3H2,(H,16,17)(H,12,13,15). The highest BCUT2D eigenvalue weighted by Crippen LogP contribution is 2.10. The van der Waals surface area contributed by atoms with Crippen LogP contribution < -0.4 is 4.72 Å². The molecule has 0 fully saturated rings. The topological polar surface area (TPSA) is 141 Å². The van der Waals surface area contributed by atoms with Crippen LogP contribution in [0.5, 0.6) is 0 Å². The summed E-state index contributed by atoms with van der Waals surface area (Å²) in [6.07, 6.45) is 3.63. The zero-order valence-electron chi connectivity index (χ0n) is 10.3. The van der Waals surface area contributed by atoms with Gasteiger partial charge in [0.1, 0.15) is 22.7 Å². The molecular formula is C10H13N5O4S. The van der Waals surface area contributed by atoms with Crippen LogP contribution in [-0.2, 0) is 16.4 Å². The van der Waals surface area contributed by atoms with Gasteiger partial charge in [0.25, 0.3) is 0 Å². The van der Waals surface area contributed by atoms with Crippen LogP contribution in [0.2, 0.25) is 0 Å². The van der Waals surface area contributed by atoms with Gasteiger partial charge in [-0.1, -0.05) is 0 Å². The normalized spacial score (nSPS) is 11.6. The Bertz CT molecular complexity index is 676. The van der Waals surface area contributed by atoms with E-state index in [4.69, 9.17) is 5.11 Å². The summed E-state index contributed by atoms with van der Waals surface area (Å²) in [5.41, 5.74) is -0.174. The van der Waals surface area contributed by atoms with E-state index in [9.17, 15) is 13.2 Å². The summed E-state index contributed by atoms with van der Waals surface area (Å²) in [7, 11) is -3.70. The molecule has 0 aliphatic heterocycles. The number of aryl methyl sites for hydroxylation is 1. The molecule has 0 unspecified atom stereocenters. The summed E-state index contributed by atoms with van der Waals surface area (Å²) < 4.78 is 26.1. The van der Waals surface area contributed by atoms with E-state index in [0.717, 1.165) is 12.3 Å². The van der Waals surface area contributed by atoms with E-state index in [2.05, 4.69) is 24.9 Å². The van der Waals surface area contributed by atoms with E-state index in [-0.39, 0.29) is 17.1 Å². The van der Waals surface area contributed by atoms with Gasteiger partial charge in [-0.05, 0) is 12.5 Å². The maximum Gasteiger partial charge on any atom is 0.352 e. The summed E-state index contributed by atoms with van der Waals surface area (Å²) in [4.78, 5) is 16.9. The third kappa shape index (κ3) is 3.42. The van der Waals surface area contributed by atoms with Gasteiger partial charge in [0.2, 0.25) is 10.0 Å². The summed E-state index contributed by atoms with van der Waals surface area (Å²) in [5.74, 6) is -0.532. The average Bonchev–Trinajstić information content (AvgIpc) is 3.05. The summed E-state index contributed by atoms with van der Waals surface area (Å²) in [5, 5.41) is 15.1. The maximum absolute atomic E-state index is 11.9. The van der Waals surface area contributed by atoms with E-state index in [1.165, 1.54) is 6.33 Å². The Balaban J connectivity index is 1.88. The van der Waals surface area contributed by atoms with Gasteiger partial charge in [0.05, 0.1) is 0 Å². The molecule has 0 spiro atoms. The van der Waals surface area contributed by atoms with E-state index in [1.807, 2.05) is 0 Å². The molecule has 0 radical (unpaired) electrons. The van der Waals surface area contributed by atoms with E-state index in [1.54, 1.807) is 0 Å². The van der Waals surface area contributed by atoms with Crippen LogP contribution in [0.3, 0.4) is 0 Å². The van der Waals surface area contributed by atoms with Crippen LogP contribution in [-0.4, -0.2) is 46.2 Å². The number of H-pyrrole nitrogens is 2. The molecular weight excluding hydrogens is 286 g/mol. The van der Waals surface area contributed by atoms with Gasteiger partial charge in [-0.15, -0.1) is 0 Å². The molecule has 0 aliphatic rings. The Labute approximate surface area is 114 Å². The molecule has 0 saturated heterocycles. The van der Waals surface area contributed by atoms with Crippen molar-refractivity contribution in [3.8, 4) is 0 Å². The van der Waals surface area contributed by atoms with Crippen molar-refractivity contribution in [2.24, 2.45) is 0 Å². The molecule has 2 rings (SSSR count). The van der Waals surface area contributed by atoms with Crippen LogP contribution in [0.15, 0.2) is 23.5 Å². The summed E-state index contributed by atoms with van der Waals surface area (Å²) in [6, 6.07) is 1.07. The molecule has 2 aromatic heterocycles.